The largest absolute Gasteiger partial charge is 0.398 e. The summed E-state index contributed by atoms with van der Waals surface area (Å²) >= 11 is 7.03. The van der Waals surface area contributed by atoms with Crippen molar-refractivity contribution in [2.75, 3.05) is 18.0 Å². The maximum Gasteiger partial charge on any atom is 0.321 e. The number of carbonyl (C=O) groups is 2. The summed E-state index contributed by atoms with van der Waals surface area (Å²) in [5.74, 6) is -0.251. The maximum atomic E-state index is 11.5. The number of hydrogen-bond donors (Lipinski definition) is 3. The smallest absolute Gasteiger partial charge is 0.321 e. The number of imide groups is 1. The van der Waals surface area contributed by atoms with Crippen molar-refractivity contribution in [2.24, 2.45) is 0 Å². The second-order valence-electron chi connectivity index (χ2n) is 3.77. The molecule has 0 saturated carbocycles. The number of carbonyl (C=O) groups excluding carboxylic acids is 2. The van der Waals surface area contributed by atoms with Gasteiger partial charge in [0.05, 0.1) is 5.75 Å². The fourth-order valence-electron chi connectivity index (χ4n) is 1.24. The maximum absolute atomic E-state index is 11.5. The van der Waals surface area contributed by atoms with Crippen LogP contribution in [0.5, 0.6) is 0 Å². The van der Waals surface area contributed by atoms with E-state index in [1.807, 2.05) is 6.92 Å². The highest BCUT2D eigenvalue weighted by Gasteiger charge is 2.09. The average Bonchev–Trinajstić information content (AvgIpc) is 2.35. The minimum absolute atomic E-state index is 0.116. The number of urea groups is 1. The van der Waals surface area contributed by atoms with Gasteiger partial charge >= 0.3 is 6.03 Å². The molecule has 0 aliphatic rings. The van der Waals surface area contributed by atoms with Gasteiger partial charge in [-0.1, -0.05) is 18.5 Å². The van der Waals surface area contributed by atoms with Crippen molar-refractivity contribution in [2.45, 2.75) is 18.2 Å². The highest BCUT2D eigenvalue weighted by molar-refractivity contribution is 8.00. The summed E-state index contributed by atoms with van der Waals surface area (Å²) in [5, 5.41) is 5.34. The van der Waals surface area contributed by atoms with Crippen LogP contribution in [0.3, 0.4) is 0 Å². The van der Waals surface area contributed by atoms with Gasteiger partial charge in [-0.25, -0.2) is 4.79 Å². The number of thioether (sulfide) groups is 1. The first-order valence-electron chi connectivity index (χ1n) is 5.78. The Balaban J connectivity index is 2.39. The minimum Gasteiger partial charge on any atom is -0.398 e. The number of anilines is 1. The van der Waals surface area contributed by atoms with Gasteiger partial charge < -0.3 is 11.1 Å². The predicted molar refractivity (Wildman–Crippen MR) is 78.4 cm³/mol. The molecule has 104 valence electrons. The third-order valence-electron chi connectivity index (χ3n) is 2.12. The Morgan fingerprint density at radius 2 is 2.16 bits per heavy atom. The van der Waals surface area contributed by atoms with E-state index in [1.165, 1.54) is 11.8 Å². The summed E-state index contributed by atoms with van der Waals surface area (Å²) in [7, 11) is 0. The van der Waals surface area contributed by atoms with Crippen LogP contribution in [0.4, 0.5) is 10.5 Å². The van der Waals surface area contributed by atoms with E-state index in [4.69, 9.17) is 17.3 Å². The minimum atomic E-state index is -0.475. The molecule has 3 amide bonds. The summed E-state index contributed by atoms with van der Waals surface area (Å²) in [5.41, 5.74) is 6.27. The number of benzene rings is 1. The number of hydrogen-bond acceptors (Lipinski definition) is 4. The molecule has 0 heterocycles. The van der Waals surface area contributed by atoms with Crippen LogP contribution >= 0.6 is 23.4 Å². The van der Waals surface area contributed by atoms with Crippen LogP contribution in [0.15, 0.2) is 23.1 Å². The Labute approximate surface area is 121 Å². The molecule has 7 heteroatoms. The molecule has 19 heavy (non-hydrogen) atoms. The third kappa shape index (κ3) is 5.85. The van der Waals surface area contributed by atoms with Gasteiger partial charge in [-0.2, -0.15) is 0 Å². The zero-order chi connectivity index (χ0) is 14.3. The standard InChI is InChI=1S/C12H16ClN3O2S/c1-2-5-15-12(18)16-11(17)7-19-10-4-3-8(13)6-9(10)14/h3-4,6H,2,5,7,14H2,1H3,(H2,15,16,17,18). The first-order chi connectivity index (χ1) is 9.02. The second-order valence-corrected chi connectivity index (χ2v) is 5.23. The summed E-state index contributed by atoms with van der Waals surface area (Å²) in [6.45, 7) is 2.47. The Bertz CT molecular complexity index is 468. The molecule has 0 atom stereocenters. The summed E-state index contributed by atoms with van der Waals surface area (Å²) < 4.78 is 0. The number of nitrogen functional groups attached to an aromatic ring is 1. The van der Waals surface area contributed by atoms with E-state index in [9.17, 15) is 9.59 Å². The van der Waals surface area contributed by atoms with Crippen molar-refractivity contribution in [1.82, 2.24) is 10.6 Å². The van der Waals surface area contributed by atoms with E-state index < -0.39 is 6.03 Å². The number of nitrogens with one attached hydrogen (secondary N) is 2. The van der Waals surface area contributed by atoms with Gasteiger partial charge in [-0.3, -0.25) is 10.1 Å². The van der Waals surface area contributed by atoms with Crippen LogP contribution in [-0.4, -0.2) is 24.2 Å². The van der Waals surface area contributed by atoms with E-state index in [1.54, 1.807) is 18.2 Å². The van der Waals surface area contributed by atoms with Crippen LogP contribution < -0.4 is 16.4 Å². The number of nitrogens with two attached hydrogens (primary N) is 1. The van der Waals surface area contributed by atoms with Gasteiger partial charge in [0.25, 0.3) is 0 Å². The zero-order valence-corrected chi connectivity index (χ0v) is 12.1. The Morgan fingerprint density at radius 3 is 2.79 bits per heavy atom. The SMILES string of the molecule is CCCNC(=O)NC(=O)CSc1ccc(Cl)cc1N. The normalized spacial score (nSPS) is 10.0. The number of halogens is 1. The molecule has 0 fully saturated rings. The average molecular weight is 302 g/mol. The molecule has 0 unspecified atom stereocenters. The monoisotopic (exact) mass is 301 g/mol. The van der Waals surface area contributed by atoms with E-state index >= 15 is 0 Å². The van der Waals surface area contributed by atoms with E-state index in [2.05, 4.69) is 10.6 Å². The lowest BCUT2D eigenvalue weighted by atomic mass is 10.3. The Kier molecular flexibility index (Phi) is 6.52. The van der Waals surface area contributed by atoms with Crippen molar-refractivity contribution in [1.29, 1.82) is 0 Å². The first kappa shape index (κ1) is 15.7. The van der Waals surface area contributed by atoms with Gasteiger partial charge in [0.1, 0.15) is 0 Å². The first-order valence-corrected chi connectivity index (χ1v) is 7.14. The van der Waals surface area contributed by atoms with Gasteiger partial charge in [0.15, 0.2) is 0 Å². The lowest BCUT2D eigenvalue weighted by molar-refractivity contribution is -0.117. The molecule has 1 rings (SSSR count). The molecule has 4 N–H and O–H groups in total. The molecule has 0 saturated heterocycles. The molecular formula is C12H16ClN3O2S. The third-order valence-corrected chi connectivity index (χ3v) is 3.44. The molecule has 0 aromatic heterocycles. The van der Waals surface area contributed by atoms with Crippen molar-refractivity contribution in [3.8, 4) is 0 Å². The predicted octanol–water partition coefficient (Wildman–Crippen LogP) is 2.25. The highest BCUT2D eigenvalue weighted by atomic mass is 35.5. The van der Waals surface area contributed by atoms with Crippen LogP contribution in [0.2, 0.25) is 5.02 Å². The van der Waals surface area contributed by atoms with Crippen LogP contribution in [0.1, 0.15) is 13.3 Å². The molecule has 5 nitrogen and oxygen atoms in total. The molecule has 0 aliphatic carbocycles. The fraction of sp³-hybridized carbons (Fsp3) is 0.333. The van der Waals surface area contributed by atoms with Gasteiger partial charge in [0.2, 0.25) is 5.91 Å². The van der Waals surface area contributed by atoms with Gasteiger partial charge in [0, 0.05) is 22.2 Å². The van der Waals surface area contributed by atoms with Crippen LogP contribution in [-0.2, 0) is 4.79 Å². The highest BCUT2D eigenvalue weighted by Crippen LogP contribution is 2.27. The lowest BCUT2D eigenvalue weighted by Crippen LogP contribution is -2.40. The van der Waals surface area contributed by atoms with Crippen molar-refractivity contribution >= 4 is 41.0 Å². The molecule has 1 aromatic rings. The van der Waals surface area contributed by atoms with E-state index in [-0.39, 0.29) is 11.7 Å². The van der Waals surface area contributed by atoms with Crippen LogP contribution in [0, 0.1) is 0 Å². The van der Waals surface area contributed by atoms with Crippen molar-refractivity contribution in [3.05, 3.63) is 23.2 Å². The summed E-state index contributed by atoms with van der Waals surface area (Å²) in [6.07, 6.45) is 0.817. The lowest BCUT2D eigenvalue weighted by Gasteiger charge is -2.07. The fourth-order valence-corrected chi connectivity index (χ4v) is 2.17. The van der Waals surface area contributed by atoms with Crippen molar-refractivity contribution < 1.29 is 9.59 Å². The quantitative estimate of drug-likeness (QED) is 0.575. The van der Waals surface area contributed by atoms with Gasteiger partial charge in [-0.15, -0.1) is 11.8 Å². The zero-order valence-electron chi connectivity index (χ0n) is 10.5. The molecule has 1 aromatic carbocycles. The second kappa shape index (κ2) is 7.91. The molecule has 0 radical (unpaired) electrons. The van der Waals surface area contributed by atoms with E-state index in [0.29, 0.717) is 17.3 Å². The Morgan fingerprint density at radius 1 is 1.42 bits per heavy atom. The molecular weight excluding hydrogens is 286 g/mol. The molecule has 0 bridgehead atoms. The summed E-state index contributed by atoms with van der Waals surface area (Å²) in [4.78, 5) is 23.5. The molecule has 0 spiro atoms. The van der Waals surface area contributed by atoms with Crippen LogP contribution in [0.25, 0.3) is 0 Å². The Hall–Kier alpha value is -1.40. The van der Waals surface area contributed by atoms with Crippen molar-refractivity contribution in [3.63, 3.8) is 0 Å². The van der Waals surface area contributed by atoms with E-state index in [0.717, 1.165) is 11.3 Å². The van der Waals surface area contributed by atoms with Gasteiger partial charge in [-0.05, 0) is 24.6 Å². The number of rotatable bonds is 5. The summed E-state index contributed by atoms with van der Waals surface area (Å²) in [6, 6.07) is 4.59. The topological polar surface area (TPSA) is 84.2 Å². The number of amides is 3. The molecule has 0 aliphatic heterocycles.